The first kappa shape index (κ1) is 9.74. The van der Waals surface area contributed by atoms with E-state index in [9.17, 15) is 9.90 Å². The number of benzene rings is 1. The van der Waals surface area contributed by atoms with Crippen molar-refractivity contribution in [2.24, 2.45) is 0 Å². The fraction of sp³-hybridized carbons (Fsp3) is 0.300. The molecule has 0 amide bonds. The van der Waals surface area contributed by atoms with Crippen LogP contribution in [-0.2, 0) is 15.3 Å². The molecule has 0 saturated heterocycles. The van der Waals surface area contributed by atoms with Gasteiger partial charge in [-0.3, -0.25) is 4.79 Å². The van der Waals surface area contributed by atoms with Crippen molar-refractivity contribution in [3.8, 4) is 0 Å². The van der Waals surface area contributed by atoms with Crippen LogP contribution < -0.4 is 0 Å². The maximum absolute atomic E-state index is 10.7. The molecular weight excluding hydrogens is 168 g/mol. The molecule has 3 heteroatoms. The molecule has 0 spiro atoms. The van der Waals surface area contributed by atoms with Crippen LogP contribution in [0.5, 0.6) is 0 Å². The molecule has 0 radical (unpaired) electrons. The van der Waals surface area contributed by atoms with E-state index in [2.05, 4.69) is 0 Å². The number of carbonyl (C=O) groups is 1. The summed E-state index contributed by atoms with van der Waals surface area (Å²) in [5.41, 5.74) is 0.560. The lowest BCUT2D eigenvalue weighted by molar-refractivity contribution is -0.204. The van der Waals surface area contributed by atoms with Gasteiger partial charge in [0.1, 0.15) is 0 Å². The molecule has 0 aliphatic carbocycles. The highest BCUT2D eigenvalue weighted by Crippen LogP contribution is 2.21. The fourth-order valence-corrected chi connectivity index (χ4v) is 1.09. The van der Waals surface area contributed by atoms with E-state index >= 15 is 0 Å². The largest absolute Gasteiger partial charge is 0.429 e. The molecule has 0 aliphatic heterocycles. The molecule has 1 aromatic rings. The minimum absolute atomic E-state index is 0.506. The van der Waals surface area contributed by atoms with Crippen LogP contribution in [0.3, 0.4) is 0 Å². The Labute approximate surface area is 77.0 Å². The molecule has 0 aromatic heterocycles. The van der Waals surface area contributed by atoms with Crippen LogP contribution in [0, 0.1) is 0 Å². The fourth-order valence-electron chi connectivity index (χ4n) is 1.09. The summed E-state index contributed by atoms with van der Waals surface area (Å²) < 4.78 is 4.74. The Morgan fingerprint density at radius 2 is 1.92 bits per heavy atom. The first-order valence-corrected chi connectivity index (χ1v) is 4.00. The summed E-state index contributed by atoms with van der Waals surface area (Å²) in [5, 5.41) is 9.71. The molecule has 1 aromatic carbocycles. The Kier molecular flexibility index (Phi) is 2.68. The second-order valence-electron chi connectivity index (χ2n) is 2.94. The lowest BCUT2D eigenvalue weighted by Gasteiger charge is -2.22. The average Bonchev–Trinajstić information content (AvgIpc) is 2.04. The van der Waals surface area contributed by atoms with Crippen molar-refractivity contribution in [3.63, 3.8) is 0 Å². The third-order valence-corrected chi connectivity index (χ3v) is 1.65. The smallest absolute Gasteiger partial charge is 0.305 e. The molecule has 70 valence electrons. The van der Waals surface area contributed by atoms with Gasteiger partial charge in [0.05, 0.1) is 0 Å². The monoisotopic (exact) mass is 180 g/mol. The van der Waals surface area contributed by atoms with E-state index in [1.54, 1.807) is 24.3 Å². The van der Waals surface area contributed by atoms with Gasteiger partial charge in [0.2, 0.25) is 5.79 Å². The van der Waals surface area contributed by atoms with Crippen molar-refractivity contribution >= 4 is 5.97 Å². The molecule has 0 aliphatic rings. The minimum Gasteiger partial charge on any atom is -0.429 e. The lowest BCUT2D eigenvalue weighted by atomic mass is 10.1. The number of hydrogen-bond acceptors (Lipinski definition) is 3. The van der Waals surface area contributed by atoms with Crippen LogP contribution >= 0.6 is 0 Å². The Bertz CT molecular complexity index is 290. The van der Waals surface area contributed by atoms with Crippen LogP contribution in [0.15, 0.2) is 30.3 Å². The number of hydrogen-bond donors (Lipinski definition) is 1. The predicted octanol–water partition coefficient (Wildman–Crippen LogP) is 1.41. The van der Waals surface area contributed by atoms with Crippen molar-refractivity contribution in [3.05, 3.63) is 35.9 Å². The van der Waals surface area contributed by atoms with E-state index in [-0.39, 0.29) is 0 Å². The molecule has 1 unspecified atom stereocenters. The summed E-state index contributed by atoms with van der Waals surface area (Å²) >= 11 is 0. The van der Waals surface area contributed by atoms with Gasteiger partial charge in [-0.1, -0.05) is 30.3 Å². The number of carbonyl (C=O) groups excluding carboxylic acids is 1. The van der Waals surface area contributed by atoms with Gasteiger partial charge in [-0.05, 0) is 0 Å². The summed E-state index contributed by atoms with van der Waals surface area (Å²) in [6, 6.07) is 8.76. The molecular formula is C10H12O3. The van der Waals surface area contributed by atoms with E-state index in [4.69, 9.17) is 4.74 Å². The normalized spacial score (nSPS) is 14.7. The topological polar surface area (TPSA) is 46.5 Å². The maximum atomic E-state index is 10.7. The average molecular weight is 180 g/mol. The molecule has 0 saturated carbocycles. The number of rotatable bonds is 2. The molecule has 0 fully saturated rings. The highest BCUT2D eigenvalue weighted by atomic mass is 16.7. The molecule has 1 N–H and O–H groups in total. The van der Waals surface area contributed by atoms with E-state index in [1.807, 2.05) is 6.07 Å². The van der Waals surface area contributed by atoms with Gasteiger partial charge in [-0.15, -0.1) is 0 Å². The van der Waals surface area contributed by atoms with Crippen LogP contribution in [0.1, 0.15) is 19.4 Å². The van der Waals surface area contributed by atoms with Crippen molar-refractivity contribution in [1.29, 1.82) is 0 Å². The van der Waals surface area contributed by atoms with Crippen molar-refractivity contribution < 1.29 is 14.6 Å². The Morgan fingerprint density at radius 3 is 2.38 bits per heavy atom. The van der Waals surface area contributed by atoms with Crippen LogP contribution in [0.4, 0.5) is 0 Å². The zero-order valence-corrected chi connectivity index (χ0v) is 7.65. The summed E-state index contributed by atoms with van der Waals surface area (Å²) in [6.45, 7) is 2.70. The van der Waals surface area contributed by atoms with Crippen LogP contribution in [0.25, 0.3) is 0 Å². The quantitative estimate of drug-likeness (QED) is 0.553. The standard InChI is InChI=1S/C10H12O3/c1-8(11)13-10(2,12)9-6-4-3-5-7-9/h3-7,12H,1-2H3. The summed E-state index contributed by atoms with van der Waals surface area (Å²) in [4.78, 5) is 10.7. The van der Waals surface area contributed by atoms with Gasteiger partial charge in [-0.2, -0.15) is 0 Å². The van der Waals surface area contributed by atoms with Crippen molar-refractivity contribution in [2.45, 2.75) is 19.6 Å². The second kappa shape index (κ2) is 3.58. The zero-order valence-electron chi connectivity index (χ0n) is 7.65. The van der Waals surface area contributed by atoms with Crippen LogP contribution in [-0.4, -0.2) is 11.1 Å². The van der Waals surface area contributed by atoms with E-state index < -0.39 is 11.8 Å². The first-order chi connectivity index (χ1) is 6.02. The molecule has 3 nitrogen and oxygen atoms in total. The Morgan fingerprint density at radius 1 is 1.38 bits per heavy atom. The van der Waals surface area contributed by atoms with Gasteiger partial charge < -0.3 is 9.84 Å². The summed E-state index contributed by atoms with van der Waals surface area (Å²) in [5.74, 6) is -2.04. The first-order valence-electron chi connectivity index (χ1n) is 4.00. The summed E-state index contributed by atoms with van der Waals surface area (Å²) in [7, 11) is 0. The predicted molar refractivity (Wildman–Crippen MR) is 47.8 cm³/mol. The molecule has 1 atom stereocenters. The minimum atomic E-state index is -1.53. The van der Waals surface area contributed by atoms with Crippen LogP contribution in [0.2, 0.25) is 0 Å². The molecule has 1 rings (SSSR count). The lowest BCUT2D eigenvalue weighted by Crippen LogP contribution is -2.27. The summed E-state index contributed by atoms with van der Waals surface area (Å²) in [6.07, 6.45) is 0. The van der Waals surface area contributed by atoms with E-state index in [0.29, 0.717) is 5.56 Å². The van der Waals surface area contributed by atoms with E-state index in [0.717, 1.165) is 0 Å². The van der Waals surface area contributed by atoms with Crippen molar-refractivity contribution in [1.82, 2.24) is 0 Å². The zero-order chi connectivity index (χ0) is 9.90. The maximum Gasteiger partial charge on any atom is 0.305 e. The Hall–Kier alpha value is -1.35. The number of ether oxygens (including phenoxy) is 1. The molecule has 13 heavy (non-hydrogen) atoms. The van der Waals surface area contributed by atoms with E-state index in [1.165, 1.54) is 13.8 Å². The third kappa shape index (κ3) is 2.56. The Balaban J connectivity index is 2.87. The molecule has 0 heterocycles. The highest BCUT2D eigenvalue weighted by Gasteiger charge is 2.25. The third-order valence-electron chi connectivity index (χ3n) is 1.65. The number of esters is 1. The van der Waals surface area contributed by atoms with Gasteiger partial charge >= 0.3 is 5.97 Å². The van der Waals surface area contributed by atoms with Gasteiger partial charge in [0, 0.05) is 19.4 Å². The molecule has 0 bridgehead atoms. The van der Waals surface area contributed by atoms with Gasteiger partial charge in [-0.25, -0.2) is 0 Å². The van der Waals surface area contributed by atoms with Crippen molar-refractivity contribution in [2.75, 3.05) is 0 Å². The SMILES string of the molecule is CC(=O)OC(C)(O)c1ccccc1. The highest BCUT2D eigenvalue weighted by molar-refractivity contribution is 5.66. The van der Waals surface area contributed by atoms with Gasteiger partial charge in [0.15, 0.2) is 0 Å². The second-order valence-corrected chi connectivity index (χ2v) is 2.94. The van der Waals surface area contributed by atoms with Gasteiger partial charge in [0.25, 0.3) is 0 Å². The number of aliphatic hydroxyl groups is 1.